The zero-order valence-corrected chi connectivity index (χ0v) is 9.17. The Morgan fingerprint density at radius 2 is 2.00 bits per heavy atom. The van der Waals surface area contributed by atoms with Crippen molar-refractivity contribution in [3.63, 3.8) is 0 Å². The van der Waals surface area contributed by atoms with Gasteiger partial charge in [0.05, 0.1) is 13.2 Å². The average molecular weight is 242 g/mol. The molecule has 1 saturated heterocycles. The van der Waals surface area contributed by atoms with E-state index in [-0.39, 0.29) is 17.9 Å². The predicted molar refractivity (Wildman–Crippen MR) is 56.6 cm³/mol. The van der Waals surface area contributed by atoms with Gasteiger partial charge in [-0.25, -0.2) is 8.78 Å². The molecule has 3 N–H and O–H groups in total. The molecule has 1 aliphatic heterocycles. The van der Waals surface area contributed by atoms with Gasteiger partial charge in [-0.3, -0.25) is 4.79 Å². The molecule has 0 unspecified atom stereocenters. The maximum atomic E-state index is 13.7. The van der Waals surface area contributed by atoms with Crippen LogP contribution >= 0.6 is 0 Å². The number of amides is 1. The molecule has 0 saturated carbocycles. The van der Waals surface area contributed by atoms with Gasteiger partial charge in [-0.15, -0.1) is 0 Å². The fourth-order valence-electron chi connectivity index (χ4n) is 1.95. The van der Waals surface area contributed by atoms with Gasteiger partial charge in [-0.05, 0) is 0 Å². The summed E-state index contributed by atoms with van der Waals surface area (Å²) in [6.07, 6.45) is 0. The van der Waals surface area contributed by atoms with Crippen LogP contribution in [0.3, 0.4) is 0 Å². The third kappa shape index (κ3) is 1.95. The van der Waals surface area contributed by atoms with E-state index >= 15 is 0 Å². The number of nitrogens with two attached hydrogens (primary N) is 1. The first-order chi connectivity index (χ1) is 8.04. The Hall–Kier alpha value is -1.69. The molecule has 1 aromatic carbocycles. The van der Waals surface area contributed by atoms with Crippen LogP contribution in [0, 0.1) is 11.6 Å². The minimum Gasteiger partial charge on any atom is -0.497 e. The van der Waals surface area contributed by atoms with Crippen molar-refractivity contribution in [2.45, 2.75) is 12.0 Å². The molecule has 0 aliphatic carbocycles. The smallest absolute Gasteiger partial charge is 0.237 e. The van der Waals surface area contributed by atoms with Gasteiger partial charge in [0.25, 0.3) is 0 Å². The fourth-order valence-corrected chi connectivity index (χ4v) is 1.95. The second-order valence-corrected chi connectivity index (χ2v) is 3.88. The molecule has 1 fully saturated rings. The van der Waals surface area contributed by atoms with Crippen LogP contribution in [0.1, 0.15) is 11.5 Å². The van der Waals surface area contributed by atoms with Gasteiger partial charge in [-0.1, -0.05) is 0 Å². The van der Waals surface area contributed by atoms with E-state index in [2.05, 4.69) is 5.32 Å². The topological polar surface area (TPSA) is 64.3 Å². The number of carbonyl (C=O) groups excluding carboxylic acids is 1. The van der Waals surface area contributed by atoms with E-state index in [0.717, 1.165) is 12.1 Å². The molecule has 0 radical (unpaired) electrons. The lowest BCUT2D eigenvalue weighted by Gasteiger charge is -2.15. The summed E-state index contributed by atoms with van der Waals surface area (Å²) < 4.78 is 32.2. The first-order valence-electron chi connectivity index (χ1n) is 5.10. The molecule has 1 amide bonds. The van der Waals surface area contributed by atoms with E-state index in [1.54, 1.807) is 0 Å². The van der Waals surface area contributed by atoms with Crippen LogP contribution in [0.15, 0.2) is 12.1 Å². The van der Waals surface area contributed by atoms with E-state index in [0.29, 0.717) is 0 Å². The Morgan fingerprint density at radius 3 is 2.41 bits per heavy atom. The molecule has 2 rings (SSSR count). The largest absolute Gasteiger partial charge is 0.497 e. The summed E-state index contributed by atoms with van der Waals surface area (Å²) in [6.45, 7) is 0.139. The van der Waals surface area contributed by atoms with Gasteiger partial charge >= 0.3 is 0 Å². The summed E-state index contributed by atoms with van der Waals surface area (Å²) in [7, 11) is 1.32. The molecule has 1 aliphatic rings. The number of rotatable bonds is 2. The zero-order valence-electron chi connectivity index (χ0n) is 9.17. The van der Waals surface area contributed by atoms with Crippen LogP contribution in [-0.2, 0) is 4.79 Å². The SMILES string of the molecule is COc1cc(F)c([C@@H]2CNC(=O)[C@H]2N)c(F)c1. The van der Waals surface area contributed by atoms with E-state index in [4.69, 9.17) is 10.5 Å². The molecular formula is C11H12F2N2O2. The number of carbonyl (C=O) groups is 1. The average Bonchev–Trinajstić information content (AvgIpc) is 2.60. The molecule has 0 aromatic heterocycles. The van der Waals surface area contributed by atoms with Crippen LogP contribution in [0.5, 0.6) is 5.75 Å². The second-order valence-electron chi connectivity index (χ2n) is 3.88. The van der Waals surface area contributed by atoms with Crippen molar-refractivity contribution < 1.29 is 18.3 Å². The normalized spacial score (nSPS) is 23.6. The maximum absolute atomic E-state index is 13.7. The van der Waals surface area contributed by atoms with Gasteiger partial charge in [0.1, 0.15) is 17.4 Å². The van der Waals surface area contributed by atoms with Gasteiger partial charge in [-0.2, -0.15) is 0 Å². The van der Waals surface area contributed by atoms with E-state index in [1.807, 2.05) is 0 Å². The number of ether oxygens (including phenoxy) is 1. The van der Waals surface area contributed by atoms with Crippen molar-refractivity contribution in [2.24, 2.45) is 5.73 Å². The van der Waals surface area contributed by atoms with Crippen molar-refractivity contribution in [3.05, 3.63) is 29.3 Å². The highest BCUT2D eigenvalue weighted by atomic mass is 19.1. The number of nitrogens with one attached hydrogen (secondary N) is 1. The molecule has 92 valence electrons. The number of hydrogen-bond acceptors (Lipinski definition) is 3. The summed E-state index contributed by atoms with van der Waals surface area (Å²) in [6, 6.07) is 1.23. The molecule has 2 atom stereocenters. The van der Waals surface area contributed by atoms with Crippen molar-refractivity contribution in [3.8, 4) is 5.75 Å². The van der Waals surface area contributed by atoms with Gasteiger partial charge in [0.15, 0.2) is 0 Å². The van der Waals surface area contributed by atoms with Crippen molar-refractivity contribution in [1.29, 1.82) is 0 Å². The lowest BCUT2D eigenvalue weighted by atomic mass is 9.93. The summed E-state index contributed by atoms with van der Waals surface area (Å²) in [5.41, 5.74) is 5.42. The first kappa shape index (κ1) is 11.8. The predicted octanol–water partition coefficient (Wildman–Crippen LogP) is 0.514. The third-order valence-electron chi connectivity index (χ3n) is 2.89. The molecule has 0 bridgehead atoms. The van der Waals surface area contributed by atoms with Gasteiger partial charge in [0.2, 0.25) is 5.91 Å². The van der Waals surface area contributed by atoms with Gasteiger partial charge < -0.3 is 15.8 Å². The minimum atomic E-state index is -0.924. The first-order valence-corrected chi connectivity index (χ1v) is 5.10. The minimum absolute atomic E-state index is 0.0922. The highest BCUT2D eigenvalue weighted by Gasteiger charge is 2.36. The quantitative estimate of drug-likeness (QED) is 0.794. The second kappa shape index (κ2) is 4.29. The number of halogens is 2. The molecule has 17 heavy (non-hydrogen) atoms. The summed E-state index contributed by atoms with van der Waals surface area (Å²) in [5.74, 6) is -2.50. The van der Waals surface area contributed by atoms with Crippen LogP contribution in [0.25, 0.3) is 0 Å². The Bertz CT molecular complexity index is 442. The highest BCUT2D eigenvalue weighted by Crippen LogP contribution is 2.30. The molecule has 1 aromatic rings. The Kier molecular flexibility index (Phi) is 2.97. The fraction of sp³-hybridized carbons (Fsp3) is 0.364. The molecular weight excluding hydrogens is 230 g/mol. The van der Waals surface area contributed by atoms with Crippen LogP contribution in [0.2, 0.25) is 0 Å². The van der Waals surface area contributed by atoms with Crippen molar-refractivity contribution in [2.75, 3.05) is 13.7 Å². The Labute approximate surface area is 96.7 Å². The lowest BCUT2D eigenvalue weighted by Crippen LogP contribution is -2.33. The summed E-state index contributed by atoms with van der Waals surface area (Å²) in [4.78, 5) is 11.2. The number of benzene rings is 1. The number of methoxy groups -OCH3 is 1. The summed E-state index contributed by atoms with van der Waals surface area (Å²) in [5, 5.41) is 2.47. The highest BCUT2D eigenvalue weighted by molar-refractivity contribution is 5.85. The van der Waals surface area contributed by atoms with E-state index in [1.165, 1.54) is 7.11 Å². The molecule has 4 nitrogen and oxygen atoms in total. The van der Waals surface area contributed by atoms with E-state index in [9.17, 15) is 13.6 Å². The summed E-state index contributed by atoms with van der Waals surface area (Å²) >= 11 is 0. The van der Waals surface area contributed by atoms with E-state index < -0.39 is 29.5 Å². The standard InChI is InChI=1S/C11H12F2N2O2/c1-17-5-2-7(12)9(8(13)3-5)6-4-15-11(16)10(6)14/h2-3,6,10H,4,14H2,1H3,(H,15,16)/t6-,10-/m0/s1. The van der Waals surface area contributed by atoms with Crippen LogP contribution in [-0.4, -0.2) is 25.6 Å². The monoisotopic (exact) mass is 242 g/mol. The van der Waals surface area contributed by atoms with Gasteiger partial charge in [0, 0.05) is 30.2 Å². The van der Waals surface area contributed by atoms with Crippen molar-refractivity contribution >= 4 is 5.91 Å². The van der Waals surface area contributed by atoms with Crippen molar-refractivity contribution in [1.82, 2.24) is 5.32 Å². The molecule has 1 heterocycles. The lowest BCUT2D eigenvalue weighted by molar-refractivity contribution is -0.120. The molecule has 6 heteroatoms. The third-order valence-corrected chi connectivity index (χ3v) is 2.89. The Morgan fingerprint density at radius 1 is 1.41 bits per heavy atom. The van der Waals surface area contributed by atoms with Crippen LogP contribution < -0.4 is 15.8 Å². The Balaban J connectivity index is 2.42. The number of hydrogen-bond donors (Lipinski definition) is 2. The van der Waals surface area contributed by atoms with Crippen LogP contribution in [0.4, 0.5) is 8.78 Å². The zero-order chi connectivity index (χ0) is 12.6. The maximum Gasteiger partial charge on any atom is 0.237 e. The molecule has 0 spiro atoms.